The lowest BCUT2D eigenvalue weighted by atomic mass is 9.79. The lowest BCUT2D eigenvalue weighted by molar-refractivity contribution is -0.384. The zero-order valence-corrected chi connectivity index (χ0v) is 30.1. The number of nitro benzene ring substituents is 1. The van der Waals surface area contributed by atoms with Crippen molar-refractivity contribution in [2.45, 2.75) is 85.1 Å². The first-order valence-electron chi connectivity index (χ1n) is 16.7. The van der Waals surface area contributed by atoms with Crippen molar-refractivity contribution in [1.82, 2.24) is 0 Å². The van der Waals surface area contributed by atoms with Gasteiger partial charge < -0.3 is 19.1 Å². The number of unbranched alkanes of at least 4 members (excludes halogenated alkanes) is 2. The van der Waals surface area contributed by atoms with E-state index >= 15 is 0 Å². The van der Waals surface area contributed by atoms with Gasteiger partial charge >= 0.3 is 0 Å². The fraction of sp³-hybridized carbons (Fsp3) is 0.486. The molecular formula is C37H48N6O6. The monoisotopic (exact) mass is 672 g/mol. The van der Waals surface area contributed by atoms with E-state index in [9.17, 15) is 14.9 Å². The molecule has 0 radical (unpaired) electrons. The van der Waals surface area contributed by atoms with Crippen LogP contribution in [0.1, 0.15) is 83.8 Å². The number of anilines is 1. The number of nitro groups is 1. The summed E-state index contributed by atoms with van der Waals surface area (Å²) in [6.07, 6.45) is 4.14. The Morgan fingerprint density at radius 1 is 0.959 bits per heavy atom. The van der Waals surface area contributed by atoms with E-state index in [1.54, 1.807) is 12.1 Å². The van der Waals surface area contributed by atoms with Gasteiger partial charge in [0.05, 0.1) is 31.4 Å². The molecule has 12 nitrogen and oxygen atoms in total. The van der Waals surface area contributed by atoms with Crippen molar-refractivity contribution in [3.8, 4) is 17.2 Å². The third kappa shape index (κ3) is 8.79. The lowest BCUT2D eigenvalue weighted by Crippen LogP contribution is -2.46. The van der Waals surface area contributed by atoms with Crippen LogP contribution in [0.5, 0.6) is 17.2 Å². The zero-order valence-electron chi connectivity index (χ0n) is 30.1. The Morgan fingerprint density at radius 3 is 2.12 bits per heavy atom. The molecule has 262 valence electrons. The Balaban J connectivity index is 1.65. The molecule has 0 amide bonds. The van der Waals surface area contributed by atoms with Crippen LogP contribution in [0, 0.1) is 23.0 Å². The average molecular weight is 673 g/mol. The number of Topliss-reactive ketones (excluding diaryl/α,β-unsaturated/α-hetero) is 1. The van der Waals surface area contributed by atoms with Gasteiger partial charge in [-0.15, -0.1) is 15.3 Å². The van der Waals surface area contributed by atoms with Crippen LogP contribution in [0.4, 0.5) is 34.1 Å². The predicted octanol–water partition coefficient (Wildman–Crippen LogP) is 10.6. The summed E-state index contributed by atoms with van der Waals surface area (Å²) in [5, 5.41) is 28.8. The molecule has 4 rings (SSSR count). The summed E-state index contributed by atoms with van der Waals surface area (Å²) in [6, 6.07) is 11.2. The van der Waals surface area contributed by atoms with Gasteiger partial charge in [-0.05, 0) is 76.1 Å². The first-order valence-corrected chi connectivity index (χ1v) is 16.7. The molecular weight excluding hydrogens is 624 g/mol. The molecule has 0 fully saturated rings. The van der Waals surface area contributed by atoms with Gasteiger partial charge in [-0.2, -0.15) is 5.11 Å². The molecule has 12 heteroatoms. The second kappa shape index (κ2) is 16.0. The van der Waals surface area contributed by atoms with Crippen molar-refractivity contribution in [2.24, 2.45) is 26.4 Å². The number of non-ortho nitro benzene ring substituents is 1. The minimum atomic E-state index is -0.470. The highest BCUT2D eigenvalue weighted by Crippen LogP contribution is 2.50. The minimum absolute atomic E-state index is 0.0259. The molecule has 49 heavy (non-hydrogen) atoms. The number of ketones is 1. The van der Waals surface area contributed by atoms with Crippen LogP contribution in [-0.2, 0) is 4.79 Å². The van der Waals surface area contributed by atoms with Crippen molar-refractivity contribution >= 4 is 39.9 Å². The molecule has 1 atom stereocenters. The maximum atomic E-state index is 12.0. The Hall–Kier alpha value is -4.87. The van der Waals surface area contributed by atoms with Gasteiger partial charge in [0.25, 0.3) is 5.69 Å². The van der Waals surface area contributed by atoms with E-state index in [1.807, 2.05) is 13.8 Å². The predicted molar refractivity (Wildman–Crippen MR) is 191 cm³/mol. The highest BCUT2D eigenvalue weighted by atomic mass is 16.6. The van der Waals surface area contributed by atoms with Crippen molar-refractivity contribution in [3.05, 3.63) is 63.7 Å². The summed E-state index contributed by atoms with van der Waals surface area (Å²) in [6.45, 7) is 13.2. The molecule has 0 aliphatic carbocycles. The third-order valence-corrected chi connectivity index (χ3v) is 9.11. The number of benzene rings is 3. The Kier molecular flexibility index (Phi) is 12.1. The number of carbonyl (C=O) groups is 1. The molecule has 0 saturated heterocycles. The van der Waals surface area contributed by atoms with Crippen LogP contribution in [0.2, 0.25) is 0 Å². The molecule has 0 bridgehead atoms. The second-order valence-corrected chi connectivity index (χ2v) is 13.4. The van der Waals surface area contributed by atoms with Gasteiger partial charge in [-0.1, -0.05) is 20.8 Å². The van der Waals surface area contributed by atoms with E-state index in [2.05, 4.69) is 61.1 Å². The molecule has 0 spiro atoms. The van der Waals surface area contributed by atoms with Crippen molar-refractivity contribution in [3.63, 3.8) is 0 Å². The van der Waals surface area contributed by atoms with E-state index in [1.165, 1.54) is 44.0 Å². The van der Waals surface area contributed by atoms with E-state index in [4.69, 9.17) is 19.3 Å². The summed E-state index contributed by atoms with van der Waals surface area (Å²) < 4.78 is 17.7. The first kappa shape index (κ1) is 37.0. The summed E-state index contributed by atoms with van der Waals surface area (Å²) in [5.74, 6) is 2.14. The number of hydrogen-bond acceptors (Lipinski definition) is 11. The largest absolute Gasteiger partial charge is 0.494 e. The van der Waals surface area contributed by atoms with Crippen molar-refractivity contribution in [2.75, 3.05) is 32.8 Å². The highest BCUT2D eigenvalue weighted by Gasteiger charge is 2.36. The number of hydrogen-bond donors (Lipinski definition) is 0. The van der Waals surface area contributed by atoms with Gasteiger partial charge in [-0.3, -0.25) is 14.9 Å². The van der Waals surface area contributed by atoms with E-state index in [0.29, 0.717) is 64.7 Å². The average Bonchev–Trinajstić information content (AvgIpc) is 3.07. The third-order valence-electron chi connectivity index (χ3n) is 9.11. The fourth-order valence-corrected chi connectivity index (χ4v) is 6.10. The summed E-state index contributed by atoms with van der Waals surface area (Å²) in [7, 11) is 5.18. The normalized spacial score (nSPS) is 15.6. The van der Waals surface area contributed by atoms with Gasteiger partial charge in [0.2, 0.25) is 0 Å². The van der Waals surface area contributed by atoms with Crippen LogP contribution < -0.4 is 19.1 Å². The number of azo groups is 2. The molecule has 0 N–H and O–H groups in total. The quantitative estimate of drug-likeness (QED) is 0.0677. The van der Waals surface area contributed by atoms with Crippen LogP contribution in [-0.4, -0.2) is 44.1 Å². The standard InChI is InChI=1S/C37H48N6O6/c1-23(2)32(44)13-11-10-12-18-49-36-25(4)35-28(24(3)22-37(5,6)42(35)7)19-31(36)41-40-30-21-33(47-8)29(20-34(30)48-9)39-38-26-14-16-27(17-15-26)43(45)46/h14-17,19-21,23-24H,10-13,18,22H2,1-9H3. The molecule has 0 aromatic heterocycles. The maximum absolute atomic E-state index is 12.0. The van der Waals surface area contributed by atoms with Gasteiger partial charge in [0.15, 0.2) is 5.75 Å². The minimum Gasteiger partial charge on any atom is -0.494 e. The van der Waals surface area contributed by atoms with Crippen LogP contribution in [0.3, 0.4) is 0 Å². The molecule has 3 aromatic carbocycles. The molecule has 0 saturated carbocycles. The second-order valence-electron chi connectivity index (χ2n) is 13.4. The summed E-state index contributed by atoms with van der Waals surface area (Å²) >= 11 is 0. The SMILES string of the molecule is COc1cc(N=Nc2cc3c(c(C)c2OCCCCCC(=O)C(C)C)N(C)C(C)(C)CC3C)c(OC)cc1N=Nc1ccc([N+](=O)[O-])cc1. The number of ether oxygens (including phenoxy) is 3. The zero-order chi connectivity index (χ0) is 35.9. The summed E-state index contributed by atoms with van der Waals surface area (Å²) in [4.78, 5) is 24.9. The topological polar surface area (TPSA) is 141 Å². The fourth-order valence-electron chi connectivity index (χ4n) is 6.10. The van der Waals surface area contributed by atoms with Gasteiger partial charge in [0.1, 0.15) is 34.3 Å². The first-order chi connectivity index (χ1) is 23.3. The van der Waals surface area contributed by atoms with E-state index in [0.717, 1.165) is 36.9 Å². The number of methoxy groups -OCH3 is 2. The number of fused-ring (bicyclic) bond motifs is 1. The van der Waals surface area contributed by atoms with E-state index in [-0.39, 0.29) is 17.1 Å². The molecule has 1 aliphatic heterocycles. The van der Waals surface area contributed by atoms with Crippen molar-refractivity contribution < 1.29 is 23.9 Å². The molecule has 1 unspecified atom stereocenters. The highest BCUT2D eigenvalue weighted by molar-refractivity contribution is 5.80. The van der Waals surface area contributed by atoms with Crippen LogP contribution in [0.25, 0.3) is 0 Å². The molecule has 1 heterocycles. The smallest absolute Gasteiger partial charge is 0.269 e. The van der Waals surface area contributed by atoms with Crippen molar-refractivity contribution in [1.29, 1.82) is 0 Å². The number of nitrogens with zero attached hydrogens (tertiary/aromatic N) is 6. The number of carbonyl (C=O) groups excluding carboxylic acids is 1. The van der Waals surface area contributed by atoms with Crippen LogP contribution in [0.15, 0.2) is 62.9 Å². The van der Waals surface area contributed by atoms with Gasteiger partial charge in [0, 0.05) is 60.4 Å². The molecule has 3 aromatic rings. The maximum Gasteiger partial charge on any atom is 0.269 e. The lowest BCUT2D eigenvalue weighted by Gasteiger charge is -2.46. The Bertz CT molecular complexity index is 1720. The van der Waals surface area contributed by atoms with Crippen LogP contribution >= 0.6 is 0 Å². The van der Waals surface area contributed by atoms with Gasteiger partial charge in [-0.25, -0.2) is 0 Å². The Morgan fingerprint density at radius 2 is 1.55 bits per heavy atom. The Labute approximate surface area is 288 Å². The molecule has 1 aliphatic rings. The summed E-state index contributed by atoms with van der Waals surface area (Å²) in [5.41, 5.74) is 5.18. The van der Waals surface area contributed by atoms with E-state index < -0.39 is 4.92 Å². The number of rotatable bonds is 15.